The Labute approximate surface area is 121 Å². The number of nitro groups is 1. The van der Waals surface area contributed by atoms with Crippen LogP contribution < -0.4 is 10.3 Å². The number of aryl methyl sites for hydroxylation is 1. The van der Waals surface area contributed by atoms with Crippen molar-refractivity contribution in [2.75, 3.05) is 0 Å². The second-order valence-electron chi connectivity index (χ2n) is 4.24. The lowest BCUT2D eigenvalue weighted by atomic mass is 10.2. The number of H-pyrrole nitrogens is 1. The van der Waals surface area contributed by atoms with E-state index in [9.17, 15) is 28.5 Å². The van der Waals surface area contributed by atoms with E-state index in [1.807, 2.05) is 0 Å². The van der Waals surface area contributed by atoms with E-state index in [1.54, 1.807) is 0 Å². The zero-order chi connectivity index (χ0) is 16.4. The van der Waals surface area contributed by atoms with Crippen molar-refractivity contribution >= 4 is 11.7 Å². The quantitative estimate of drug-likeness (QED) is 0.531. The summed E-state index contributed by atoms with van der Waals surface area (Å²) in [5.41, 5.74) is -2.96. The van der Waals surface area contributed by atoms with Crippen LogP contribution in [0.1, 0.15) is 16.1 Å². The first-order valence-electron chi connectivity index (χ1n) is 5.85. The lowest BCUT2D eigenvalue weighted by Crippen LogP contribution is -2.18. The SMILES string of the molecule is Cc1cc(OC(=O)c2c(F)cccc2F)c([N+](=O)[O-])c(=O)[nH]1. The molecule has 0 bridgehead atoms. The summed E-state index contributed by atoms with van der Waals surface area (Å²) in [5, 5.41) is 10.9. The fourth-order valence-corrected chi connectivity index (χ4v) is 1.75. The highest BCUT2D eigenvalue weighted by Crippen LogP contribution is 2.24. The Kier molecular flexibility index (Phi) is 3.97. The molecule has 9 heteroatoms. The number of esters is 1. The van der Waals surface area contributed by atoms with Crippen LogP contribution in [0.15, 0.2) is 29.1 Å². The molecule has 0 aliphatic heterocycles. The van der Waals surface area contributed by atoms with Gasteiger partial charge in [0.05, 0.1) is 4.92 Å². The average molecular weight is 310 g/mol. The minimum Gasteiger partial charge on any atom is -0.415 e. The molecule has 0 aliphatic carbocycles. The molecule has 1 heterocycles. The number of halogens is 2. The van der Waals surface area contributed by atoms with Crippen molar-refractivity contribution in [3.05, 3.63) is 67.6 Å². The maximum absolute atomic E-state index is 13.5. The standard InChI is InChI=1S/C13H8F2N2O5/c1-6-5-9(11(17(20)21)12(18)16-6)22-13(19)10-7(14)3-2-4-8(10)15/h2-5H,1H3,(H,16,18). The molecule has 0 fully saturated rings. The van der Waals surface area contributed by atoms with Crippen LogP contribution in [0.5, 0.6) is 5.75 Å². The number of aromatic nitrogens is 1. The van der Waals surface area contributed by atoms with Crippen LogP contribution in [0, 0.1) is 28.7 Å². The van der Waals surface area contributed by atoms with Gasteiger partial charge in [-0.3, -0.25) is 14.9 Å². The molecule has 22 heavy (non-hydrogen) atoms. The van der Waals surface area contributed by atoms with Crippen LogP contribution >= 0.6 is 0 Å². The fourth-order valence-electron chi connectivity index (χ4n) is 1.75. The number of hydrogen-bond acceptors (Lipinski definition) is 5. The molecular weight excluding hydrogens is 302 g/mol. The number of ether oxygens (including phenoxy) is 1. The van der Waals surface area contributed by atoms with Gasteiger partial charge >= 0.3 is 17.2 Å². The minimum atomic E-state index is -1.48. The highest BCUT2D eigenvalue weighted by atomic mass is 19.1. The Bertz CT molecular complexity index is 811. The first-order valence-corrected chi connectivity index (χ1v) is 5.85. The van der Waals surface area contributed by atoms with Gasteiger partial charge < -0.3 is 9.72 Å². The summed E-state index contributed by atoms with van der Waals surface area (Å²) in [5.74, 6) is -4.55. The molecule has 0 amide bonds. The summed E-state index contributed by atoms with van der Waals surface area (Å²) in [4.78, 5) is 35.3. The monoisotopic (exact) mass is 310 g/mol. The number of aromatic amines is 1. The Hall–Kier alpha value is -3.10. The lowest BCUT2D eigenvalue weighted by Gasteiger charge is -2.07. The molecule has 2 aromatic rings. The molecule has 0 unspecified atom stereocenters. The Morgan fingerprint density at radius 1 is 1.32 bits per heavy atom. The van der Waals surface area contributed by atoms with Crippen LogP contribution in [-0.2, 0) is 0 Å². The van der Waals surface area contributed by atoms with Gasteiger partial charge in [-0.25, -0.2) is 13.6 Å². The van der Waals surface area contributed by atoms with E-state index >= 15 is 0 Å². The Morgan fingerprint density at radius 2 is 1.91 bits per heavy atom. The van der Waals surface area contributed by atoms with E-state index in [0.29, 0.717) is 0 Å². The number of hydrogen-bond donors (Lipinski definition) is 1. The molecule has 1 aromatic heterocycles. The summed E-state index contributed by atoms with van der Waals surface area (Å²) in [6, 6.07) is 3.71. The summed E-state index contributed by atoms with van der Waals surface area (Å²) in [6.45, 7) is 1.39. The topological polar surface area (TPSA) is 102 Å². The maximum atomic E-state index is 13.5. The van der Waals surface area contributed by atoms with Gasteiger partial charge in [0.15, 0.2) is 0 Å². The largest absolute Gasteiger partial charge is 0.415 e. The van der Waals surface area contributed by atoms with Crippen molar-refractivity contribution in [2.45, 2.75) is 6.92 Å². The molecule has 7 nitrogen and oxygen atoms in total. The third-order valence-corrected chi connectivity index (χ3v) is 2.66. The molecule has 2 rings (SSSR count). The zero-order valence-electron chi connectivity index (χ0n) is 11.1. The van der Waals surface area contributed by atoms with Gasteiger partial charge in [-0.15, -0.1) is 0 Å². The third kappa shape index (κ3) is 2.82. The molecule has 0 saturated heterocycles. The van der Waals surface area contributed by atoms with Crippen molar-refractivity contribution in [2.24, 2.45) is 0 Å². The van der Waals surface area contributed by atoms with E-state index in [2.05, 4.69) is 9.72 Å². The van der Waals surface area contributed by atoms with Crippen molar-refractivity contribution in [1.82, 2.24) is 4.98 Å². The predicted molar refractivity (Wildman–Crippen MR) is 69.8 cm³/mol. The smallest absolute Gasteiger partial charge is 0.376 e. The van der Waals surface area contributed by atoms with Gasteiger partial charge in [-0.1, -0.05) is 6.07 Å². The van der Waals surface area contributed by atoms with Gasteiger partial charge in [-0.05, 0) is 19.1 Å². The van der Waals surface area contributed by atoms with E-state index in [1.165, 1.54) is 6.92 Å². The first kappa shape index (κ1) is 15.3. The van der Waals surface area contributed by atoms with Crippen molar-refractivity contribution in [3.63, 3.8) is 0 Å². The molecule has 0 saturated carbocycles. The molecule has 0 aliphatic rings. The molecule has 0 atom stereocenters. The van der Waals surface area contributed by atoms with E-state index in [0.717, 1.165) is 24.3 Å². The highest BCUT2D eigenvalue weighted by Gasteiger charge is 2.26. The van der Waals surface area contributed by atoms with Crippen LogP contribution in [0.2, 0.25) is 0 Å². The Balaban J connectivity index is 2.49. The number of pyridine rings is 1. The normalized spacial score (nSPS) is 10.3. The predicted octanol–water partition coefficient (Wildman–Crippen LogP) is 2.09. The first-order chi connectivity index (χ1) is 10.3. The molecule has 0 spiro atoms. The lowest BCUT2D eigenvalue weighted by molar-refractivity contribution is -0.387. The highest BCUT2D eigenvalue weighted by molar-refractivity contribution is 5.92. The van der Waals surface area contributed by atoms with Crippen LogP contribution in [0.25, 0.3) is 0 Å². The number of nitrogens with zero attached hydrogens (tertiary/aromatic N) is 1. The second-order valence-corrected chi connectivity index (χ2v) is 4.24. The minimum absolute atomic E-state index is 0.174. The van der Waals surface area contributed by atoms with Crippen molar-refractivity contribution in [3.8, 4) is 5.75 Å². The van der Waals surface area contributed by atoms with Gasteiger partial charge in [0.2, 0.25) is 5.75 Å². The van der Waals surface area contributed by atoms with E-state index < -0.39 is 45.1 Å². The third-order valence-electron chi connectivity index (χ3n) is 2.66. The van der Waals surface area contributed by atoms with Crippen molar-refractivity contribution < 1.29 is 23.2 Å². The van der Waals surface area contributed by atoms with E-state index in [-0.39, 0.29) is 5.69 Å². The van der Waals surface area contributed by atoms with Crippen molar-refractivity contribution in [1.29, 1.82) is 0 Å². The van der Waals surface area contributed by atoms with Gasteiger partial charge in [0, 0.05) is 11.8 Å². The molecule has 1 N–H and O–H groups in total. The molecular formula is C13H8F2N2O5. The van der Waals surface area contributed by atoms with Gasteiger partial charge in [0.1, 0.15) is 17.2 Å². The fraction of sp³-hybridized carbons (Fsp3) is 0.0769. The molecule has 0 radical (unpaired) electrons. The maximum Gasteiger partial charge on any atom is 0.376 e. The van der Waals surface area contributed by atoms with Gasteiger partial charge in [-0.2, -0.15) is 0 Å². The van der Waals surface area contributed by atoms with Crippen LogP contribution in [0.3, 0.4) is 0 Å². The summed E-state index contributed by atoms with van der Waals surface area (Å²) in [6.07, 6.45) is 0. The summed E-state index contributed by atoms with van der Waals surface area (Å²) < 4.78 is 31.6. The molecule has 114 valence electrons. The summed E-state index contributed by atoms with van der Waals surface area (Å²) >= 11 is 0. The van der Waals surface area contributed by atoms with Crippen LogP contribution in [-0.4, -0.2) is 15.9 Å². The number of carbonyl (C=O) groups excluding carboxylic acids is 1. The zero-order valence-corrected chi connectivity index (χ0v) is 11.1. The number of benzene rings is 1. The molecule has 1 aromatic carbocycles. The average Bonchev–Trinajstić information content (AvgIpc) is 2.36. The number of rotatable bonds is 3. The van der Waals surface area contributed by atoms with E-state index in [4.69, 9.17) is 0 Å². The van der Waals surface area contributed by atoms with Gasteiger partial charge in [0.25, 0.3) is 0 Å². The van der Waals surface area contributed by atoms with Crippen LogP contribution in [0.4, 0.5) is 14.5 Å². The number of carbonyl (C=O) groups is 1. The second kappa shape index (κ2) is 5.72. The summed E-state index contributed by atoms with van der Waals surface area (Å²) in [7, 11) is 0. The number of nitrogens with one attached hydrogen (secondary N) is 1. The Morgan fingerprint density at radius 3 is 2.45 bits per heavy atom.